The molecule has 0 saturated heterocycles. The van der Waals surface area contributed by atoms with E-state index in [1.54, 1.807) is 5.30 Å². The summed E-state index contributed by atoms with van der Waals surface area (Å²) in [4.78, 5) is 0. The molecule has 0 spiro atoms. The fraction of sp³-hybridized carbons (Fsp3) is 0.538. The van der Waals surface area contributed by atoms with Crippen LogP contribution in [0.5, 0.6) is 0 Å². The second-order valence-electron chi connectivity index (χ2n) is 4.06. The van der Waals surface area contributed by atoms with Crippen LogP contribution < -0.4 is 5.30 Å². The summed E-state index contributed by atoms with van der Waals surface area (Å²) in [5.74, 6) is 0. The largest absolute Gasteiger partial charge is 0.0724 e. The molecule has 1 atom stereocenters. The number of hydrogen-bond acceptors (Lipinski definition) is 0. The van der Waals surface area contributed by atoms with E-state index in [2.05, 4.69) is 37.3 Å². The smallest absolute Gasteiger partial charge is 0.0169 e. The maximum atomic E-state index is 2.36. The Bertz CT molecular complexity index is 262. The van der Waals surface area contributed by atoms with E-state index in [1.807, 2.05) is 0 Å². The van der Waals surface area contributed by atoms with E-state index in [0.717, 1.165) is 5.66 Å². The highest BCUT2D eigenvalue weighted by molar-refractivity contribution is 7.66. The molecule has 1 aliphatic carbocycles. The molecular weight excluding hydrogens is 187 g/mol. The molecule has 1 aromatic carbocycles. The summed E-state index contributed by atoms with van der Waals surface area (Å²) >= 11 is 0. The lowest BCUT2D eigenvalue weighted by molar-refractivity contribution is 0.886. The molecule has 0 aliphatic heterocycles. The molecule has 0 nitrogen and oxygen atoms in total. The predicted molar refractivity (Wildman–Crippen MR) is 65.8 cm³/mol. The van der Waals surface area contributed by atoms with Gasteiger partial charge in [0.25, 0.3) is 0 Å². The summed E-state index contributed by atoms with van der Waals surface area (Å²) in [6, 6.07) is 11.2. The number of benzene rings is 1. The summed E-state index contributed by atoms with van der Waals surface area (Å²) in [5.41, 5.74) is 1.03. The average molecular weight is 206 g/mol. The highest BCUT2D eigenvalue weighted by Crippen LogP contribution is 2.47. The summed E-state index contributed by atoms with van der Waals surface area (Å²) in [7, 11) is 0.145. The van der Waals surface area contributed by atoms with Gasteiger partial charge >= 0.3 is 0 Å². The molecule has 0 bridgehead atoms. The summed E-state index contributed by atoms with van der Waals surface area (Å²) < 4.78 is 0. The van der Waals surface area contributed by atoms with Gasteiger partial charge in [0.1, 0.15) is 0 Å². The van der Waals surface area contributed by atoms with Crippen molar-refractivity contribution in [3.8, 4) is 0 Å². The minimum absolute atomic E-state index is 0.145. The van der Waals surface area contributed by atoms with E-state index in [4.69, 9.17) is 0 Å². The van der Waals surface area contributed by atoms with Crippen LogP contribution in [0, 0.1) is 0 Å². The molecule has 76 valence electrons. The van der Waals surface area contributed by atoms with Crippen LogP contribution in [0.2, 0.25) is 0 Å². The van der Waals surface area contributed by atoms with Crippen molar-refractivity contribution in [2.75, 3.05) is 6.16 Å². The molecule has 1 saturated carbocycles. The van der Waals surface area contributed by atoms with Gasteiger partial charge in [-0.2, -0.15) is 0 Å². The summed E-state index contributed by atoms with van der Waals surface area (Å²) in [5, 5.41) is 1.62. The van der Waals surface area contributed by atoms with Crippen LogP contribution in [0.3, 0.4) is 0 Å². The van der Waals surface area contributed by atoms with Gasteiger partial charge in [-0.05, 0) is 30.0 Å². The lowest BCUT2D eigenvalue weighted by Gasteiger charge is -2.22. The van der Waals surface area contributed by atoms with Crippen LogP contribution in [0.25, 0.3) is 0 Å². The predicted octanol–water partition coefficient (Wildman–Crippen LogP) is 3.76. The summed E-state index contributed by atoms with van der Waals surface area (Å²) in [6.07, 6.45) is 7.26. The minimum Gasteiger partial charge on any atom is -0.0724 e. The SMILES string of the molecule is CCP(c1ccccc1)C1CCCC1. The Labute approximate surface area is 88.5 Å². The second kappa shape index (κ2) is 4.94. The van der Waals surface area contributed by atoms with E-state index in [-0.39, 0.29) is 7.92 Å². The Kier molecular flexibility index (Phi) is 3.59. The zero-order chi connectivity index (χ0) is 9.80. The van der Waals surface area contributed by atoms with Gasteiger partial charge < -0.3 is 0 Å². The first-order chi connectivity index (χ1) is 6.92. The lowest BCUT2D eigenvalue weighted by atomic mass is 10.4. The van der Waals surface area contributed by atoms with Crippen LogP contribution in [0.4, 0.5) is 0 Å². The zero-order valence-corrected chi connectivity index (χ0v) is 9.84. The topological polar surface area (TPSA) is 0 Å². The Hall–Kier alpha value is -0.350. The Balaban J connectivity index is 2.12. The molecule has 1 fully saturated rings. The number of hydrogen-bond donors (Lipinski definition) is 0. The Morgan fingerprint density at radius 2 is 1.79 bits per heavy atom. The van der Waals surface area contributed by atoms with Gasteiger partial charge in [-0.15, -0.1) is 0 Å². The second-order valence-corrected chi connectivity index (χ2v) is 6.88. The molecule has 0 heterocycles. The minimum atomic E-state index is 0.145. The van der Waals surface area contributed by atoms with Crippen LogP contribution in [0.15, 0.2) is 30.3 Å². The van der Waals surface area contributed by atoms with E-state index in [9.17, 15) is 0 Å². The van der Waals surface area contributed by atoms with Crippen LogP contribution in [0.1, 0.15) is 32.6 Å². The van der Waals surface area contributed by atoms with Gasteiger partial charge in [0.15, 0.2) is 0 Å². The average Bonchev–Trinajstić information content (AvgIpc) is 2.74. The third-order valence-electron chi connectivity index (χ3n) is 3.19. The van der Waals surface area contributed by atoms with Gasteiger partial charge in [-0.3, -0.25) is 0 Å². The molecule has 2 rings (SSSR count). The van der Waals surface area contributed by atoms with Gasteiger partial charge in [-0.1, -0.05) is 58.0 Å². The fourth-order valence-corrected chi connectivity index (χ4v) is 5.33. The molecule has 0 amide bonds. The Morgan fingerprint density at radius 3 is 2.36 bits per heavy atom. The van der Waals surface area contributed by atoms with Gasteiger partial charge in [0.05, 0.1) is 0 Å². The van der Waals surface area contributed by atoms with Crippen molar-refractivity contribution in [1.82, 2.24) is 0 Å². The highest BCUT2D eigenvalue weighted by Gasteiger charge is 2.23. The van der Waals surface area contributed by atoms with Crippen LogP contribution >= 0.6 is 7.92 Å². The number of rotatable bonds is 3. The quantitative estimate of drug-likeness (QED) is 0.660. The van der Waals surface area contributed by atoms with E-state index >= 15 is 0 Å². The van der Waals surface area contributed by atoms with Crippen molar-refractivity contribution in [1.29, 1.82) is 0 Å². The van der Waals surface area contributed by atoms with Crippen molar-refractivity contribution >= 4 is 13.2 Å². The highest BCUT2D eigenvalue weighted by atomic mass is 31.1. The molecule has 0 radical (unpaired) electrons. The lowest BCUT2D eigenvalue weighted by Crippen LogP contribution is -2.11. The van der Waals surface area contributed by atoms with Gasteiger partial charge in [-0.25, -0.2) is 0 Å². The summed E-state index contributed by atoms with van der Waals surface area (Å²) in [6.45, 7) is 2.36. The third-order valence-corrected chi connectivity index (χ3v) is 6.23. The first-order valence-electron chi connectivity index (χ1n) is 5.73. The van der Waals surface area contributed by atoms with Gasteiger partial charge in [0, 0.05) is 0 Å². The molecule has 1 aliphatic rings. The first-order valence-corrected chi connectivity index (χ1v) is 7.33. The van der Waals surface area contributed by atoms with Crippen molar-refractivity contribution in [2.24, 2.45) is 0 Å². The van der Waals surface area contributed by atoms with Gasteiger partial charge in [0.2, 0.25) is 0 Å². The standard InChI is InChI=1S/C13H19P/c1-2-14(13-10-6-7-11-13)12-8-4-3-5-9-12/h3-5,8-9,13H,2,6-7,10-11H2,1H3. The zero-order valence-electron chi connectivity index (χ0n) is 8.95. The molecule has 0 N–H and O–H groups in total. The molecular formula is C13H19P. The third kappa shape index (κ3) is 2.17. The van der Waals surface area contributed by atoms with Crippen molar-refractivity contribution in [2.45, 2.75) is 38.3 Å². The van der Waals surface area contributed by atoms with E-state index < -0.39 is 0 Å². The normalized spacial score (nSPS) is 19.8. The maximum Gasteiger partial charge on any atom is -0.0169 e. The molecule has 1 unspecified atom stereocenters. The first kappa shape index (κ1) is 10.2. The van der Waals surface area contributed by atoms with Crippen LogP contribution in [-0.4, -0.2) is 11.8 Å². The van der Waals surface area contributed by atoms with E-state index in [1.165, 1.54) is 31.8 Å². The Morgan fingerprint density at radius 1 is 1.14 bits per heavy atom. The molecule has 0 aromatic heterocycles. The van der Waals surface area contributed by atoms with Crippen LogP contribution in [-0.2, 0) is 0 Å². The van der Waals surface area contributed by atoms with Crippen molar-refractivity contribution < 1.29 is 0 Å². The van der Waals surface area contributed by atoms with Crippen molar-refractivity contribution in [3.63, 3.8) is 0 Å². The monoisotopic (exact) mass is 206 g/mol. The van der Waals surface area contributed by atoms with E-state index in [0.29, 0.717) is 0 Å². The molecule has 1 heteroatoms. The fourth-order valence-electron chi connectivity index (χ4n) is 2.49. The maximum absolute atomic E-state index is 2.36. The molecule has 14 heavy (non-hydrogen) atoms. The molecule has 1 aromatic rings. The van der Waals surface area contributed by atoms with Crippen molar-refractivity contribution in [3.05, 3.63) is 30.3 Å².